The summed E-state index contributed by atoms with van der Waals surface area (Å²) in [5, 5.41) is 2.42. The molecule has 0 bridgehead atoms. The Morgan fingerprint density at radius 1 is 1.89 bits per heavy atom. The lowest BCUT2D eigenvalue weighted by molar-refractivity contribution is 0.150. The minimum atomic E-state index is -0.407. The molecule has 0 aliphatic rings. The third kappa shape index (κ3) is 5.49. The summed E-state index contributed by atoms with van der Waals surface area (Å²) >= 11 is 4.01. The smallest absolute Gasteiger partial charge is 0.406 e. The largest absolute Gasteiger partial charge is 0.448 e. The van der Waals surface area contributed by atoms with E-state index in [1.807, 2.05) is 6.92 Å². The molecule has 0 fully saturated rings. The molecule has 0 aliphatic carbocycles. The van der Waals surface area contributed by atoms with Crippen molar-refractivity contribution in [2.45, 2.75) is 12.2 Å². The van der Waals surface area contributed by atoms with Crippen LogP contribution in [0, 0.1) is 0 Å². The molecule has 0 radical (unpaired) electrons. The maximum atomic E-state index is 10.3. The molecule has 0 saturated carbocycles. The molecule has 1 N–H and O–H groups in total. The van der Waals surface area contributed by atoms with Crippen molar-refractivity contribution in [1.82, 2.24) is 5.32 Å². The maximum absolute atomic E-state index is 10.3. The van der Waals surface area contributed by atoms with E-state index in [-0.39, 0.29) is 5.25 Å². The molecule has 4 heteroatoms. The predicted molar refractivity (Wildman–Crippen MR) is 38.9 cm³/mol. The number of rotatable bonds is 2. The number of carbonyl (C=O) groups is 1. The molecule has 1 unspecified atom stereocenters. The van der Waals surface area contributed by atoms with Crippen LogP contribution in [0.2, 0.25) is 0 Å². The number of hydrogen-bond acceptors (Lipinski definition) is 3. The Morgan fingerprint density at radius 3 is 2.78 bits per heavy atom. The summed E-state index contributed by atoms with van der Waals surface area (Å²) in [5.74, 6) is 0. The van der Waals surface area contributed by atoms with E-state index in [0.717, 1.165) is 0 Å². The van der Waals surface area contributed by atoms with Crippen LogP contribution in [-0.4, -0.2) is 25.0 Å². The Bertz CT molecular complexity index is 95.0. The maximum Gasteiger partial charge on any atom is 0.406 e. The standard InChI is InChI=1S/C5H11NO2S/c1-4(9)3-8-5(7)6-2/h4,9H,3H2,1-2H3,(H,6,7). The number of amides is 1. The van der Waals surface area contributed by atoms with Crippen molar-refractivity contribution in [3.63, 3.8) is 0 Å². The quantitative estimate of drug-likeness (QED) is 0.566. The molecule has 0 aromatic carbocycles. The molecule has 0 spiro atoms. The number of thiol groups is 1. The number of hydrogen-bond donors (Lipinski definition) is 2. The number of alkyl carbamates (subject to hydrolysis) is 1. The van der Waals surface area contributed by atoms with Crippen molar-refractivity contribution in [3.05, 3.63) is 0 Å². The van der Waals surface area contributed by atoms with Gasteiger partial charge in [0, 0.05) is 12.3 Å². The van der Waals surface area contributed by atoms with E-state index in [9.17, 15) is 4.79 Å². The lowest BCUT2D eigenvalue weighted by atomic mass is 10.5. The van der Waals surface area contributed by atoms with Gasteiger partial charge in [0.2, 0.25) is 0 Å². The highest BCUT2D eigenvalue weighted by atomic mass is 32.1. The predicted octanol–water partition coefficient (Wildman–Crippen LogP) is 0.661. The van der Waals surface area contributed by atoms with Crippen LogP contribution in [-0.2, 0) is 4.74 Å². The highest BCUT2D eigenvalue weighted by molar-refractivity contribution is 7.80. The Balaban J connectivity index is 3.17. The Kier molecular flexibility index (Phi) is 4.30. The molecule has 3 nitrogen and oxygen atoms in total. The van der Waals surface area contributed by atoms with Gasteiger partial charge < -0.3 is 10.1 Å². The first-order valence-electron chi connectivity index (χ1n) is 2.69. The van der Waals surface area contributed by atoms with E-state index >= 15 is 0 Å². The fraction of sp³-hybridized carbons (Fsp3) is 0.800. The van der Waals surface area contributed by atoms with E-state index in [0.29, 0.717) is 6.61 Å². The average molecular weight is 149 g/mol. The van der Waals surface area contributed by atoms with Gasteiger partial charge in [0.15, 0.2) is 0 Å². The van der Waals surface area contributed by atoms with E-state index in [4.69, 9.17) is 0 Å². The van der Waals surface area contributed by atoms with Crippen LogP contribution in [0.25, 0.3) is 0 Å². The van der Waals surface area contributed by atoms with E-state index < -0.39 is 6.09 Å². The van der Waals surface area contributed by atoms with Crippen LogP contribution >= 0.6 is 12.6 Å². The zero-order valence-corrected chi connectivity index (χ0v) is 6.44. The average Bonchev–Trinajstić information content (AvgIpc) is 1.83. The topological polar surface area (TPSA) is 38.3 Å². The van der Waals surface area contributed by atoms with Crippen molar-refractivity contribution < 1.29 is 9.53 Å². The third-order valence-corrected chi connectivity index (χ3v) is 0.809. The Labute approximate surface area is 60.2 Å². The third-order valence-electron chi connectivity index (χ3n) is 0.660. The van der Waals surface area contributed by atoms with Gasteiger partial charge in [-0.05, 0) is 0 Å². The van der Waals surface area contributed by atoms with Crippen molar-refractivity contribution in [3.8, 4) is 0 Å². The van der Waals surface area contributed by atoms with Crippen molar-refractivity contribution in [2.24, 2.45) is 0 Å². The number of nitrogens with one attached hydrogen (secondary N) is 1. The van der Waals surface area contributed by atoms with Gasteiger partial charge in [0.25, 0.3) is 0 Å². The zero-order chi connectivity index (χ0) is 7.28. The van der Waals surface area contributed by atoms with Crippen molar-refractivity contribution in [1.29, 1.82) is 0 Å². The lowest BCUT2D eigenvalue weighted by Crippen LogP contribution is -2.21. The zero-order valence-electron chi connectivity index (χ0n) is 5.55. The summed E-state index contributed by atoms with van der Waals surface area (Å²) in [4.78, 5) is 10.3. The second-order valence-corrected chi connectivity index (χ2v) is 2.58. The molecule has 1 atom stereocenters. The highest BCUT2D eigenvalue weighted by Crippen LogP contribution is 1.92. The van der Waals surface area contributed by atoms with Crippen LogP contribution < -0.4 is 5.32 Å². The fourth-order valence-corrected chi connectivity index (χ4v) is 0.343. The van der Waals surface area contributed by atoms with Gasteiger partial charge in [-0.25, -0.2) is 4.79 Å². The molecule has 0 heterocycles. The SMILES string of the molecule is CNC(=O)OCC(C)S. The number of carbonyl (C=O) groups excluding carboxylic acids is 1. The van der Waals surface area contributed by atoms with Crippen molar-refractivity contribution >= 4 is 18.7 Å². The van der Waals surface area contributed by atoms with Crippen LogP contribution in [0.1, 0.15) is 6.92 Å². The summed E-state index contributed by atoms with van der Waals surface area (Å²) in [5.41, 5.74) is 0. The molecule has 1 amide bonds. The summed E-state index contributed by atoms with van der Waals surface area (Å²) in [6, 6.07) is 0. The summed E-state index contributed by atoms with van der Waals surface area (Å²) in [6.45, 7) is 2.20. The molecule has 0 saturated heterocycles. The first-order chi connectivity index (χ1) is 4.16. The van der Waals surface area contributed by atoms with Gasteiger partial charge in [-0.2, -0.15) is 12.6 Å². The molecule has 0 aliphatic heterocycles. The fourth-order valence-electron chi connectivity index (χ4n) is 0.268. The van der Waals surface area contributed by atoms with Gasteiger partial charge in [-0.3, -0.25) is 0 Å². The normalized spacial score (nSPS) is 12.3. The lowest BCUT2D eigenvalue weighted by Gasteiger charge is -2.04. The Hall–Kier alpha value is -0.380. The summed E-state index contributed by atoms with van der Waals surface area (Å²) in [7, 11) is 1.52. The summed E-state index contributed by atoms with van der Waals surface area (Å²) < 4.78 is 4.63. The first-order valence-corrected chi connectivity index (χ1v) is 3.21. The highest BCUT2D eigenvalue weighted by Gasteiger charge is 1.98. The van der Waals surface area contributed by atoms with Gasteiger partial charge in [-0.15, -0.1) is 0 Å². The van der Waals surface area contributed by atoms with Gasteiger partial charge in [0.1, 0.15) is 6.61 Å². The molecular formula is C5H11NO2S. The first kappa shape index (κ1) is 8.62. The molecule has 54 valence electrons. The molecule has 0 aromatic heterocycles. The monoisotopic (exact) mass is 149 g/mol. The molecule has 0 aromatic rings. The van der Waals surface area contributed by atoms with E-state index in [1.54, 1.807) is 0 Å². The van der Waals surface area contributed by atoms with Crippen LogP contribution in [0.3, 0.4) is 0 Å². The minimum absolute atomic E-state index is 0.0994. The minimum Gasteiger partial charge on any atom is -0.448 e. The van der Waals surface area contributed by atoms with E-state index in [1.165, 1.54) is 7.05 Å². The summed E-state index contributed by atoms with van der Waals surface area (Å²) in [6.07, 6.45) is -0.407. The van der Waals surface area contributed by atoms with Gasteiger partial charge in [-0.1, -0.05) is 6.92 Å². The van der Waals surface area contributed by atoms with Crippen molar-refractivity contribution in [2.75, 3.05) is 13.7 Å². The van der Waals surface area contributed by atoms with E-state index in [2.05, 4.69) is 22.7 Å². The second kappa shape index (κ2) is 4.49. The van der Waals surface area contributed by atoms with Crippen LogP contribution in [0.15, 0.2) is 0 Å². The number of ether oxygens (including phenoxy) is 1. The molecule has 9 heavy (non-hydrogen) atoms. The van der Waals surface area contributed by atoms with Crippen LogP contribution in [0.5, 0.6) is 0 Å². The van der Waals surface area contributed by atoms with Crippen LogP contribution in [0.4, 0.5) is 4.79 Å². The Morgan fingerprint density at radius 2 is 2.44 bits per heavy atom. The molecule has 0 rings (SSSR count). The van der Waals surface area contributed by atoms with Gasteiger partial charge >= 0.3 is 6.09 Å². The van der Waals surface area contributed by atoms with Gasteiger partial charge in [0.05, 0.1) is 0 Å². The second-order valence-electron chi connectivity index (χ2n) is 1.70. The molecular weight excluding hydrogens is 138 g/mol.